The maximum Gasteiger partial charge on any atom is 0.274 e. The predicted molar refractivity (Wildman–Crippen MR) is 95.7 cm³/mol. The Hall–Kier alpha value is -2.83. The van der Waals surface area contributed by atoms with Gasteiger partial charge in [-0.2, -0.15) is 9.50 Å². The van der Waals surface area contributed by atoms with Gasteiger partial charge in [0.05, 0.1) is 5.69 Å². The van der Waals surface area contributed by atoms with Gasteiger partial charge in [-0.05, 0) is 24.1 Å². The Bertz CT molecular complexity index is 878. The van der Waals surface area contributed by atoms with Crippen molar-refractivity contribution in [3.8, 4) is 0 Å². The topological polar surface area (TPSA) is 78.3 Å². The van der Waals surface area contributed by atoms with Gasteiger partial charge < -0.3 is 10.2 Å². The zero-order valence-electron chi connectivity index (χ0n) is 14.2. The van der Waals surface area contributed by atoms with E-state index in [2.05, 4.69) is 56.5 Å². The molecule has 24 heavy (non-hydrogen) atoms. The van der Waals surface area contributed by atoms with Crippen molar-refractivity contribution in [1.82, 2.24) is 19.6 Å². The van der Waals surface area contributed by atoms with Gasteiger partial charge in [0.1, 0.15) is 0 Å². The highest BCUT2D eigenvalue weighted by atomic mass is 16.1. The number of anilines is 2. The molecule has 3 rings (SSSR count). The van der Waals surface area contributed by atoms with Crippen LogP contribution in [-0.4, -0.2) is 33.7 Å². The minimum absolute atomic E-state index is 0.140. The quantitative estimate of drug-likeness (QED) is 0.725. The second-order valence-electron chi connectivity index (χ2n) is 5.96. The summed E-state index contributed by atoms with van der Waals surface area (Å²) in [7, 11) is 4.03. The number of nitrogens with zero attached hydrogens (tertiary/aromatic N) is 4. The van der Waals surface area contributed by atoms with Gasteiger partial charge in [-0.3, -0.25) is 9.89 Å². The first-order valence-electron chi connectivity index (χ1n) is 8.05. The fourth-order valence-electron chi connectivity index (χ4n) is 2.49. The van der Waals surface area contributed by atoms with Crippen LogP contribution in [0.1, 0.15) is 24.6 Å². The van der Waals surface area contributed by atoms with Crippen LogP contribution in [0.4, 0.5) is 11.6 Å². The SMILES string of the molecule is CCCc1cc(=O)n2[nH]c(NCc3ccc(N(C)C)cc3)nc2n1. The third kappa shape index (κ3) is 3.40. The molecule has 7 nitrogen and oxygen atoms in total. The van der Waals surface area contributed by atoms with Crippen LogP contribution in [0.5, 0.6) is 0 Å². The number of rotatable bonds is 6. The summed E-state index contributed by atoms with van der Waals surface area (Å²) in [6.45, 7) is 2.67. The lowest BCUT2D eigenvalue weighted by atomic mass is 10.2. The van der Waals surface area contributed by atoms with E-state index in [0.29, 0.717) is 18.3 Å². The van der Waals surface area contributed by atoms with E-state index in [0.717, 1.165) is 29.8 Å². The Morgan fingerprint density at radius 3 is 2.62 bits per heavy atom. The highest BCUT2D eigenvalue weighted by molar-refractivity contribution is 5.46. The fraction of sp³-hybridized carbons (Fsp3) is 0.353. The third-order valence-electron chi connectivity index (χ3n) is 3.80. The van der Waals surface area contributed by atoms with E-state index in [1.165, 1.54) is 4.52 Å². The number of nitrogens with one attached hydrogen (secondary N) is 2. The largest absolute Gasteiger partial charge is 0.378 e. The van der Waals surface area contributed by atoms with Crippen LogP contribution in [-0.2, 0) is 13.0 Å². The molecule has 0 aliphatic heterocycles. The molecule has 2 aromatic heterocycles. The molecule has 3 aromatic rings. The van der Waals surface area contributed by atoms with Crippen molar-refractivity contribution in [2.75, 3.05) is 24.3 Å². The zero-order chi connectivity index (χ0) is 17.1. The van der Waals surface area contributed by atoms with Gasteiger partial charge in [0.25, 0.3) is 11.3 Å². The highest BCUT2D eigenvalue weighted by Gasteiger charge is 2.07. The van der Waals surface area contributed by atoms with E-state index in [9.17, 15) is 4.79 Å². The van der Waals surface area contributed by atoms with Crippen LogP contribution >= 0.6 is 0 Å². The van der Waals surface area contributed by atoms with Crippen molar-refractivity contribution in [2.45, 2.75) is 26.3 Å². The van der Waals surface area contributed by atoms with Gasteiger partial charge >= 0.3 is 0 Å². The Labute approximate surface area is 140 Å². The summed E-state index contributed by atoms with van der Waals surface area (Å²) in [5.41, 5.74) is 2.92. The van der Waals surface area contributed by atoms with Gasteiger partial charge in [0.15, 0.2) is 0 Å². The van der Waals surface area contributed by atoms with Crippen LogP contribution in [0, 0.1) is 0 Å². The maximum atomic E-state index is 12.1. The lowest BCUT2D eigenvalue weighted by Gasteiger charge is -2.12. The van der Waals surface area contributed by atoms with Crippen LogP contribution in [0.25, 0.3) is 5.78 Å². The highest BCUT2D eigenvalue weighted by Crippen LogP contribution is 2.13. The lowest BCUT2D eigenvalue weighted by Crippen LogP contribution is -2.15. The molecule has 1 aromatic carbocycles. The summed E-state index contributed by atoms with van der Waals surface area (Å²) < 4.78 is 1.36. The Kier molecular flexibility index (Phi) is 4.50. The normalized spacial score (nSPS) is 11.0. The van der Waals surface area contributed by atoms with Crippen molar-refractivity contribution in [3.05, 3.63) is 51.9 Å². The smallest absolute Gasteiger partial charge is 0.274 e. The minimum Gasteiger partial charge on any atom is -0.378 e. The maximum absolute atomic E-state index is 12.1. The van der Waals surface area contributed by atoms with E-state index in [-0.39, 0.29) is 5.56 Å². The van der Waals surface area contributed by atoms with Gasteiger partial charge in [-0.15, -0.1) is 0 Å². The summed E-state index contributed by atoms with van der Waals surface area (Å²) in [6, 6.07) is 9.82. The molecule has 0 aliphatic rings. The van der Waals surface area contributed by atoms with Crippen LogP contribution in [0.2, 0.25) is 0 Å². The molecular formula is C17H22N6O. The van der Waals surface area contributed by atoms with Gasteiger partial charge in [0.2, 0.25) is 5.95 Å². The number of H-pyrrole nitrogens is 1. The predicted octanol–water partition coefficient (Wildman–Crippen LogP) is 2.05. The number of aryl methyl sites for hydroxylation is 1. The fourth-order valence-corrected chi connectivity index (χ4v) is 2.49. The molecule has 0 radical (unpaired) electrons. The molecule has 2 N–H and O–H groups in total. The molecule has 126 valence electrons. The molecule has 0 unspecified atom stereocenters. The third-order valence-corrected chi connectivity index (χ3v) is 3.80. The number of fused-ring (bicyclic) bond motifs is 1. The molecule has 0 fully saturated rings. The minimum atomic E-state index is -0.140. The van der Waals surface area contributed by atoms with Gasteiger partial charge in [0, 0.05) is 32.4 Å². The molecule has 0 saturated carbocycles. The standard InChI is InChI=1S/C17H22N6O/c1-4-5-13-10-15(24)23-17(19-13)20-16(21-23)18-11-12-6-8-14(9-7-12)22(2)3/h6-10H,4-5,11H2,1-3H3,(H2,18,19,20,21). The lowest BCUT2D eigenvalue weighted by molar-refractivity contribution is 0.837. The summed E-state index contributed by atoms with van der Waals surface area (Å²) in [6.07, 6.45) is 1.72. The molecule has 0 bridgehead atoms. The number of aromatic nitrogens is 4. The van der Waals surface area contributed by atoms with E-state index in [1.54, 1.807) is 6.07 Å². The Morgan fingerprint density at radius 1 is 1.21 bits per heavy atom. The van der Waals surface area contributed by atoms with Crippen LogP contribution < -0.4 is 15.8 Å². The summed E-state index contributed by atoms with van der Waals surface area (Å²) >= 11 is 0. The number of hydrogen-bond donors (Lipinski definition) is 2. The average molecular weight is 326 g/mol. The summed E-state index contributed by atoms with van der Waals surface area (Å²) in [5, 5.41) is 6.14. The molecular weight excluding hydrogens is 304 g/mol. The van der Waals surface area contributed by atoms with E-state index in [1.807, 2.05) is 14.1 Å². The summed E-state index contributed by atoms with van der Waals surface area (Å²) in [5.74, 6) is 0.932. The van der Waals surface area contributed by atoms with Crippen molar-refractivity contribution < 1.29 is 0 Å². The first-order chi connectivity index (χ1) is 11.6. The van der Waals surface area contributed by atoms with E-state index in [4.69, 9.17) is 0 Å². The molecule has 0 amide bonds. The van der Waals surface area contributed by atoms with Crippen LogP contribution in [0.3, 0.4) is 0 Å². The van der Waals surface area contributed by atoms with Crippen LogP contribution in [0.15, 0.2) is 35.1 Å². The molecule has 2 heterocycles. The Balaban J connectivity index is 1.75. The zero-order valence-corrected chi connectivity index (χ0v) is 14.2. The van der Waals surface area contributed by atoms with Crippen molar-refractivity contribution >= 4 is 17.4 Å². The Morgan fingerprint density at radius 2 is 1.96 bits per heavy atom. The average Bonchev–Trinajstić information content (AvgIpc) is 2.97. The first-order valence-corrected chi connectivity index (χ1v) is 8.05. The number of aromatic amines is 1. The molecule has 0 saturated heterocycles. The van der Waals surface area contributed by atoms with Crippen molar-refractivity contribution in [2.24, 2.45) is 0 Å². The molecule has 0 aliphatic carbocycles. The van der Waals surface area contributed by atoms with Gasteiger partial charge in [-0.1, -0.05) is 25.5 Å². The molecule has 0 spiro atoms. The van der Waals surface area contributed by atoms with E-state index < -0.39 is 0 Å². The summed E-state index contributed by atoms with van der Waals surface area (Å²) in [4.78, 5) is 22.9. The van der Waals surface area contributed by atoms with E-state index >= 15 is 0 Å². The monoisotopic (exact) mass is 326 g/mol. The second kappa shape index (κ2) is 6.74. The van der Waals surface area contributed by atoms with Crippen molar-refractivity contribution in [3.63, 3.8) is 0 Å². The molecule has 7 heteroatoms. The van der Waals surface area contributed by atoms with Gasteiger partial charge in [-0.25, -0.2) is 4.98 Å². The number of hydrogen-bond acceptors (Lipinski definition) is 5. The second-order valence-corrected chi connectivity index (χ2v) is 5.96. The van der Waals surface area contributed by atoms with Crippen molar-refractivity contribution in [1.29, 1.82) is 0 Å². The first kappa shape index (κ1) is 16.0. The molecule has 0 atom stereocenters. The number of benzene rings is 1.